The van der Waals surface area contributed by atoms with Gasteiger partial charge >= 0.3 is 7.05 Å². The van der Waals surface area contributed by atoms with Crippen LogP contribution in [-0.2, 0) is 6.54 Å². The number of carbonyl (C=O) groups is 1. The number of nitrogens with zero attached hydrogens (tertiary/aromatic N) is 1. The number of hydrogen-bond donors (Lipinski definition) is 4. The lowest BCUT2D eigenvalue weighted by molar-refractivity contribution is 0.0919. The minimum Gasteiger partial charge on any atom is -0.437 e. The Morgan fingerprint density at radius 2 is 2.33 bits per heavy atom. The minimum absolute atomic E-state index is 0.191. The minimum atomic E-state index is -0.606. The van der Waals surface area contributed by atoms with Crippen molar-refractivity contribution in [2.45, 2.75) is 26.4 Å². The molecule has 0 aliphatic heterocycles. The molecule has 0 aromatic carbocycles. The summed E-state index contributed by atoms with van der Waals surface area (Å²) in [6, 6.07) is 3.41. The molecule has 1 aromatic rings. The Kier molecular flexibility index (Phi) is 5.77. The number of rotatable bonds is 6. The van der Waals surface area contributed by atoms with Crippen molar-refractivity contribution in [1.29, 1.82) is 0 Å². The highest BCUT2D eigenvalue weighted by molar-refractivity contribution is 6.45. The third-order valence-corrected chi connectivity index (χ3v) is 2.22. The lowest BCUT2D eigenvalue weighted by Gasteiger charge is -2.08. The zero-order valence-electron chi connectivity index (χ0n) is 10.6. The first-order chi connectivity index (χ1) is 8.49. The van der Waals surface area contributed by atoms with Gasteiger partial charge in [0.2, 0.25) is 0 Å². The number of aromatic nitrogens is 1. The molecule has 0 spiro atoms. The van der Waals surface area contributed by atoms with Crippen LogP contribution in [0.4, 0.5) is 0 Å². The van der Waals surface area contributed by atoms with Crippen LogP contribution < -0.4 is 10.5 Å². The van der Waals surface area contributed by atoms with Crippen LogP contribution in [0.15, 0.2) is 18.3 Å². The van der Waals surface area contributed by atoms with Crippen molar-refractivity contribution in [2.75, 3.05) is 6.54 Å². The van der Waals surface area contributed by atoms with Crippen LogP contribution in [0.5, 0.6) is 0 Å². The van der Waals surface area contributed by atoms with E-state index in [1.54, 1.807) is 25.9 Å². The largest absolute Gasteiger partial charge is 0.437 e. The lowest BCUT2D eigenvalue weighted by Crippen LogP contribution is -2.32. The van der Waals surface area contributed by atoms with Crippen LogP contribution in [0.3, 0.4) is 0 Å². The average molecular weight is 251 g/mol. The SMILES string of the molecule is CB(O)NCc1ccnc(C(=O)NC[C@H](C)O)c1. The number of nitrogens with one attached hydrogen (secondary N) is 2. The van der Waals surface area contributed by atoms with Gasteiger partial charge in [-0.15, -0.1) is 0 Å². The van der Waals surface area contributed by atoms with Gasteiger partial charge in [0.15, 0.2) is 0 Å². The fourth-order valence-corrected chi connectivity index (χ4v) is 1.30. The summed E-state index contributed by atoms with van der Waals surface area (Å²) in [4.78, 5) is 15.6. The molecule has 0 radical (unpaired) electrons. The fourth-order valence-electron chi connectivity index (χ4n) is 1.30. The van der Waals surface area contributed by atoms with Crippen molar-refractivity contribution in [3.05, 3.63) is 29.6 Å². The van der Waals surface area contributed by atoms with Gasteiger partial charge in [-0.05, 0) is 31.4 Å². The van der Waals surface area contributed by atoms with Crippen molar-refractivity contribution in [2.24, 2.45) is 0 Å². The number of hydrogen-bond acceptors (Lipinski definition) is 5. The standard InChI is InChI=1S/C11H18BN3O3/c1-8(16)6-14-11(17)10-5-9(3-4-13-10)7-15-12(2)18/h3-5,8,15-16,18H,6-7H2,1-2H3,(H,14,17)/t8-/m0/s1. The van der Waals surface area contributed by atoms with Gasteiger partial charge in [0.05, 0.1) is 6.10 Å². The summed E-state index contributed by atoms with van der Waals surface area (Å²) in [5.41, 5.74) is 1.15. The van der Waals surface area contributed by atoms with Gasteiger partial charge in [0, 0.05) is 19.3 Å². The summed E-state index contributed by atoms with van der Waals surface area (Å²) in [6.45, 7) is 3.86. The molecule has 0 unspecified atom stereocenters. The first kappa shape index (κ1) is 14.6. The number of aliphatic hydroxyl groups excluding tert-OH is 1. The van der Waals surface area contributed by atoms with Crippen LogP contribution >= 0.6 is 0 Å². The molecule has 0 fully saturated rings. The Morgan fingerprint density at radius 1 is 1.61 bits per heavy atom. The van der Waals surface area contributed by atoms with Gasteiger partial charge in [0.25, 0.3) is 5.91 Å². The highest BCUT2D eigenvalue weighted by atomic mass is 16.3. The predicted molar refractivity (Wildman–Crippen MR) is 68.9 cm³/mol. The number of pyridine rings is 1. The number of aliphatic hydroxyl groups is 1. The Bertz CT molecular complexity index is 399. The molecule has 6 nitrogen and oxygen atoms in total. The van der Waals surface area contributed by atoms with Crippen molar-refractivity contribution >= 4 is 13.0 Å². The highest BCUT2D eigenvalue weighted by Crippen LogP contribution is 2.02. The maximum absolute atomic E-state index is 11.7. The van der Waals surface area contributed by atoms with Gasteiger partial charge in [-0.2, -0.15) is 0 Å². The molecule has 98 valence electrons. The summed E-state index contributed by atoms with van der Waals surface area (Å²) in [7, 11) is -0.606. The Balaban J connectivity index is 2.60. The van der Waals surface area contributed by atoms with E-state index in [1.165, 1.54) is 6.20 Å². The van der Waals surface area contributed by atoms with Gasteiger partial charge in [0.1, 0.15) is 5.69 Å². The summed E-state index contributed by atoms with van der Waals surface area (Å²) in [6.07, 6.45) is 0.949. The van der Waals surface area contributed by atoms with Crippen LogP contribution in [0.25, 0.3) is 0 Å². The van der Waals surface area contributed by atoms with Crippen LogP contribution in [-0.4, -0.2) is 40.7 Å². The molecule has 0 aliphatic carbocycles. The molecular formula is C11H18BN3O3. The molecule has 4 N–H and O–H groups in total. The van der Waals surface area contributed by atoms with Crippen molar-refractivity contribution in [1.82, 2.24) is 15.5 Å². The average Bonchev–Trinajstić information content (AvgIpc) is 2.33. The van der Waals surface area contributed by atoms with Crippen LogP contribution in [0.2, 0.25) is 6.82 Å². The molecule has 7 heteroatoms. The summed E-state index contributed by atoms with van der Waals surface area (Å²) in [5, 5.41) is 23.6. The lowest BCUT2D eigenvalue weighted by atomic mass is 9.88. The molecular weight excluding hydrogens is 233 g/mol. The molecule has 18 heavy (non-hydrogen) atoms. The first-order valence-electron chi connectivity index (χ1n) is 5.81. The van der Waals surface area contributed by atoms with E-state index in [0.717, 1.165) is 5.56 Å². The van der Waals surface area contributed by atoms with Gasteiger partial charge in [-0.3, -0.25) is 9.78 Å². The highest BCUT2D eigenvalue weighted by Gasteiger charge is 2.09. The third kappa shape index (κ3) is 5.26. The third-order valence-electron chi connectivity index (χ3n) is 2.22. The molecule has 1 amide bonds. The first-order valence-corrected chi connectivity index (χ1v) is 5.81. The van der Waals surface area contributed by atoms with E-state index in [9.17, 15) is 4.79 Å². The molecule has 0 bridgehead atoms. The smallest absolute Gasteiger partial charge is 0.373 e. The molecule has 0 aliphatic rings. The van der Waals surface area contributed by atoms with Crippen LogP contribution in [0, 0.1) is 0 Å². The van der Waals surface area contributed by atoms with Crippen molar-refractivity contribution in [3.63, 3.8) is 0 Å². The molecule has 1 atom stereocenters. The van der Waals surface area contributed by atoms with Crippen molar-refractivity contribution < 1.29 is 14.9 Å². The van der Waals surface area contributed by atoms with Gasteiger partial charge in [-0.1, -0.05) is 0 Å². The molecule has 0 saturated carbocycles. The Hall–Kier alpha value is -1.44. The maximum Gasteiger partial charge on any atom is 0.373 e. The number of amides is 1. The van der Waals surface area contributed by atoms with E-state index in [-0.39, 0.29) is 12.5 Å². The molecule has 0 saturated heterocycles. The van der Waals surface area contributed by atoms with E-state index in [1.807, 2.05) is 0 Å². The Labute approximate surface area is 107 Å². The summed E-state index contributed by atoms with van der Waals surface area (Å²) < 4.78 is 0. The van der Waals surface area contributed by atoms with E-state index < -0.39 is 13.2 Å². The normalized spacial score (nSPS) is 12.0. The maximum atomic E-state index is 11.7. The zero-order valence-corrected chi connectivity index (χ0v) is 10.6. The van der Waals surface area contributed by atoms with Gasteiger partial charge in [-0.25, -0.2) is 0 Å². The monoisotopic (exact) mass is 251 g/mol. The van der Waals surface area contributed by atoms with E-state index >= 15 is 0 Å². The van der Waals surface area contributed by atoms with E-state index in [4.69, 9.17) is 10.1 Å². The Morgan fingerprint density at radius 3 is 2.94 bits per heavy atom. The second kappa shape index (κ2) is 7.10. The van der Waals surface area contributed by atoms with Crippen LogP contribution in [0.1, 0.15) is 23.0 Å². The zero-order chi connectivity index (χ0) is 13.5. The second-order valence-electron chi connectivity index (χ2n) is 4.17. The molecule has 1 heterocycles. The fraction of sp³-hybridized carbons (Fsp3) is 0.455. The van der Waals surface area contributed by atoms with Gasteiger partial charge < -0.3 is 20.7 Å². The second-order valence-corrected chi connectivity index (χ2v) is 4.17. The topological polar surface area (TPSA) is 94.5 Å². The summed E-state index contributed by atoms with van der Waals surface area (Å²) in [5.74, 6) is -0.324. The molecule has 1 aromatic heterocycles. The van der Waals surface area contributed by atoms with E-state index in [2.05, 4.69) is 15.5 Å². The summed E-state index contributed by atoms with van der Waals surface area (Å²) >= 11 is 0. The molecule has 1 rings (SSSR count). The van der Waals surface area contributed by atoms with E-state index in [0.29, 0.717) is 12.2 Å². The number of carbonyl (C=O) groups excluding carboxylic acids is 1. The quantitative estimate of drug-likeness (QED) is 0.506. The predicted octanol–water partition coefficient (Wildman–Crippen LogP) is -0.608. The van der Waals surface area contributed by atoms with Crippen molar-refractivity contribution in [3.8, 4) is 0 Å².